The monoisotopic (exact) mass is 316 g/mol. The molecule has 2 radical (unpaired) electrons. The van der Waals surface area contributed by atoms with Crippen molar-refractivity contribution in [2.45, 2.75) is 4.48 Å². The standard InChI is InChI=1S/C6H6O.CH3.Pb/c7-6-4-2-1-3-5-6;;/h1-5,7H;1H3;/q;;+1/p-1. The van der Waals surface area contributed by atoms with Gasteiger partial charge in [0.2, 0.25) is 0 Å². The zero-order valence-corrected chi connectivity index (χ0v) is 9.18. The van der Waals surface area contributed by atoms with Gasteiger partial charge in [-0.15, -0.1) is 0 Å². The molecule has 2 heteroatoms. The molecule has 0 N–H and O–H groups in total. The molecule has 0 aromatic heterocycles. The van der Waals surface area contributed by atoms with Crippen molar-refractivity contribution < 1.29 is 2.69 Å². The maximum absolute atomic E-state index is 5.40. The van der Waals surface area contributed by atoms with E-state index in [1.54, 1.807) is 0 Å². The SMILES string of the molecule is [CH3][Pb][O]c1ccccc1. The minimum atomic E-state index is -0.694. The quantitative estimate of drug-likeness (QED) is 0.756. The normalized spacial score (nSPS) is 9.00. The number of benzene rings is 1. The van der Waals surface area contributed by atoms with E-state index in [1.165, 1.54) is 0 Å². The fourth-order valence-corrected chi connectivity index (χ4v) is 2.05. The molecule has 0 aliphatic heterocycles. The molecule has 0 atom stereocenters. The zero-order chi connectivity index (χ0) is 6.53. The Balaban J connectivity index is 2.61. The van der Waals surface area contributed by atoms with Gasteiger partial charge in [0, 0.05) is 0 Å². The van der Waals surface area contributed by atoms with Crippen LogP contribution in [0.4, 0.5) is 0 Å². The van der Waals surface area contributed by atoms with E-state index in [-0.39, 0.29) is 0 Å². The molecule has 9 heavy (non-hydrogen) atoms. The van der Waals surface area contributed by atoms with Crippen LogP contribution in [0.2, 0.25) is 4.48 Å². The van der Waals surface area contributed by atoms with Gasteiger partial charge in [0.15, 0.2) is 0 Å². The molecule has 46 valence electrons. The van der Waals surface area contributed by atoms with Gasteiger partial charge in [0.05, 0.1) is 0 Å². The average Bonchev–Trinajstić information content (AvgIpc) is 1.91. The van der Waals surface area contributed by atoms with Crippen LogP contribution in [0.15, 0.2) is 30.3 Å². The average molecular weight is 315 g/mol. The molecule has 0 aliphatic carbocycles. The van der Waals surface area contributed by atoms with Gasteiger partial charge in [-0.1, -0.05) is 0 Å². The van der Waals surface area contributed by atoms with Gasteiger partial charge >= 0.3 is 67.9 Å². The van der Waals surface area contributed by atoms with Gasteiger partial charge in [-0.05, 0) is 0 Å². The number of rotatable bonds is 2. The molecule has 0 saturated heterocycles. The van der Waals surface area contributed by atoms with Crippen molar-refractivity contribution in [3.05, 3.63) is 30.3 Å². The Morgan fingerprint density at radius 3 is 2.44 bits per heavy atom. The minimum absolute atomic E-state index is 0.694. The molecule has 0 amide bonds. The molecule has 1 aromatic rings. The first kappa shape index (κ1) is 7.05. The van der Waals surface area contributed by atoms with E-state index in [1.807, 2.05) is 30.3 Å². The Bertz CT molecular complexity index is 162. The first-order valence-corrected chi connectivity index (χ1v) is 8.29. The fourth-order valence-electron chi connectivity index (χ4n) is 0.606. The van der Waals surface area contributed by atoms with Crippen molar-refractivity contribution >= 4 is 24.7 Å². The van der Waals surface area contributed by atoms with Crippen molar-refractivity contribution in [3.8, 4) is 5.75 Å². The molecule has 0 heterocycles. The first-order valence-electron chi connectivity index (χ1n) is 2.82. The summed E-state index contributed by atoms with van der Waals surface area (Å²) >= 11 is -0.694. The molecule has 1 nitrogen and oxygen atoms in total. The van der Waals surface area contributed by atoms with Crippen LogP contribution in [0.25, 0.3) is 0 Å². The van der Waals surface area contributed by atoms with E-state index in [2.05, 4.69) is 4.48 Å². The van der Waals surface area contributed by atoms with Crippen LogP contribution in [0, 0.1) is 0 Å². The van der Waals surface area contributed by atoms with E-state index in [0.29, 0.717) is 0 Å². The second kappa shape index (κ2) is 3.87. The Kier molecular flexibility index (Phi) is 3.03. The predicted molar refractivity (Wildman–Crippen MR) is 38.7 cm³/mol. The molecule has 0 unspecified atom stereocenters. The molecular formula is C7H8OPb. The Morgan fingerprint density at radius 2 is 1.89 bits per heavy atom. The van der Waals surface area contributed by atoms with E-state index < -0.39 is 24.7 Å². The number of hydrogen-bond donors (Lipinski definition) is 0. The topological polar surface area (TPSA) is 9.23 Å². The van der Waals surface area contributed by atoms with E-state index >= 15 is 0 Å². The molecule has 0 spiro atoms. The Labute approximate surface area is 67.9 Å². The summed E-state index contributed by atoms with van der Waals surface area (Å²) < 4.78 is 7.57. The van der Waals surface area contributed by atoms with E-state index in [4.69, 9.17) is 2.69 Å². The summed E-state index contributed by atoms with van der Waals surface area (Å²) in [4.78, 5) is 0. The van der Waals surface area contributed by atoms with Gasteiger partial charge in [-0.2, -0.15) is 0 Å². The van der Waals surface area contributed by atoms with Crippen LogP contribution < -0.4 is 2.69 Å². The van der Waals surface area contributed by atoms with Crippen LogP contribution in [0.5, 0.6) is 5.75 Å². The van der Waals surface area contributed by atoms with Crippen LogP contribution in [-0.2, 0) is 0 Å². The van der Waals surface area contributed by atoms with Crippen LogP contribution in [0.3, 0.4) is 0 Å². The molecule has 1 aromatic carbocycles. The molecule has 0 bridgehead atoms. The second-order valence-electron chi connectivity index (χ2n) is 1.62. The summed E-state index contributed by atoms with van der Waals surface area (Å²) in [6, 6.07) is 9.98. The number of hydrogen-bond acceptors (Lipinski definition) is 1. The summed E-state index contributed by atoms with van der Waals surface area (Å²) in [7, 11) is 0. The van der Waals surface area contributed by atoms with Crippen molar-refractivity contribution in [2.75, 3.05) is 0 Å². The zero-order valence-electron chi connectivity index (χ0n) is 5.29. The van der Waals surface area contributed by atoms with Gasteiger partial charge in [0.25, 0.3) is 0 Å². The summed E-state index contributed by atoms with van der Waals surface area (Å²) in [5.41, 5.74) is 0. The summed E-state index contributed by atoms with van der Waals surface area (Å²) in [5, 5.41) is 0. The van der Waals surface area contributed by atoms with Crippen molar-refractivity contribution in [1.29, 1.82) is 0 Å². The van der Waals surface area contributed by atoms with Gasteiger partial charge in [0.1, 0.15) is 0 Å². The Morgan fingerprint density at radius 1 is 1.22 bits per heavy atom. The van der Waals surface area contributed by atoms with Gasteiger partial charge in [-0.25, -0.2) is 0 Å². The van der Waals surface area contributed by atoms with E-state index in [9.17, 15) is 0 Å². The third kappa shape index (κ3) is 2.34. The fraction of sp³-hybridized carbons (Fsp3) is 0.143. The van der Waals surface area contributed by atoms with Crippen LogP contribution in [-0.4, -0.2) is 24.7 Å². The molecule has 0 saturated carbocycles. The van der Waals surface area contributed by atoms with Gasteiger partial charge < -0.3 is 0 Å². The van der Waals surface area contributed by atoms with Crippen LogP contribution >= 0.6 is 0 Å². The summed E-state index contributed by atoms with van der Waals surface area (Å²) in [6.45, 7) is 0. The summed E-state index contributed by atoms with van der Waals surface area (Å²) in [6.07, 6.45) is 0. The van der Waals surface area contributed by atoms with Crippen LogP contribution in [0.1, 0.15) is 0 Å². The molecule has 0 aliphatic rings. The number of para-hydroxylation sites is 1. The van der Waals surface area contributed by atoms with Gasteiger partial charge in [-0.3, -0.25) is 0 Å². The van der Waals surface area contributed by atoms with E-state index in [0.717, 1.165) is 5.75 Å². The Hall–Kier alpha value is -0.0579. The summed E-state index contributed by atoms with van der Waals surface area (Å²) in [5.74, 6) is 1.03. The van der Waals surface area contributed by atoms with Crippen molar-refractivity contribution in [2.24, 2.45) is 0 Å². The molecule has 1 rings (SSSR count). The maximum atomic E-state index is 5.40. The van der Waals surface area contributed by atoms with Crippen molar-refractivity contribution in [3.63, 3.8) is 0 Å². The predicted octanol–water partition coefficient (Wildman–Crippen LogP) is 1.73. The molecular weight excluding hydrogens is 307 g/mol. The third-order valence-electron chi connectivity index (χ3n) is 0.963. The molecule has 0 fully saturated rings. The second-order valence-corrected chi connectivity index (χ2v) is 4.00. The first-order chi connectivity index (χ1) is 4.43. The third-order valence-corrected chi connectivity index (χ3v) is 2.67. The van der Waals surface area contributed by atoms with Crippen molar-refractivity contribution in [1.82, 2.24) is 0 Å².